The third kappa shape index (κ3) is 5.04. The quantitative estimate of drug-likeness (QED) is 0.812. The molecule has 1 aromatic rings. The largest absolute Gasteiger partial charge is 0.493 e. The third-order valence-corrected chi connectivity index (χ3v) is 2.03. The van der Waals surface area contributed by atoms with Crippen LogP contribution in [0.4, 0.5) is 17.6 Å². The molecule has 0 amide bonds. The second-order valence-corrected chi connectivity index (χ2v) is 3.50. The smallest absolute Gasteiger partial charge is 0.392 e. The zero-order valence-electron chi connectivity index (χ0n) is 9.27. The number of nitrogens with one attached hydrogen (secondary N) is 1. The van der Waals surface area contributed by atoms with E-state index in [0.29, 0.717) is 12.1 Å². The summed E-state index contributed by atoms with van der Waals surface area (Å²) in [4.78, 5) is 0. The van der Waals surface area contributed by atoms with Gasteiger partial charge >= 0.3 is 6.18 Å². The van der Waals surface area contributed by atoms with Crippen molar-refractivity contribution < 1.29 is 22.3 Å². The molecule has 2 nitrogen and oxygen atoms in total. The van der Waals surface area contributed by atoms with Gasteiger partial charge in [-0.05, 0) is 25.2 Å². The molecule has 0 heterocycles. The van der Waals surface area contributed by atoms with E-state index >= 15 is 0 Å². The van der Waals surface area contributed by atoms with Crippen LogP contribution < -0.4 is 10.1 Å². The number of hydrogen-bond acceptors (Lipinski definition) is 2. The highest BCUT2D eigenvalue weighted by molar-refractivity contribution is 5.33. The van der Waals surface area contributed by atoms with Crippen LogP contribution in [0.15, 0.2) is 18.2 Å². The van der Waals surface area contributed by atoms with Gasteiger partial charge in [-0.2, -0.15) is 13.2 Å². The molecule has 1 N–H and O–H groups in total. The predicted octanol–water partition coefficient (Wildman–Crippen LogP) is 2.88. The van der Waals surface area contributed by atoms with E-state index in [1.165, 1.54) is 12.1 Å². The summed E-state index contributed by atoms with van der Waals surface area (Å²) in [5, 5.41) is 2.79. The summed E-state index contributed by atoms with van der Waals surface area (Å²) in [5.41, 5.74) is 0.495. The molecule has 0 unspecified atom stereocenters. The van der Waals surface area contributed by atoms with Crippen molar-refractivity contribution in [3.05, 3.63) is 29.6 Å². The Morgan fingerprint density at radius 1 is 1.29 bits per heavy atom. The number of halogens is 4. The topological polar surface area (TPSA) is 21.3 Å². The molecule has 1 aromatic carbocycles. The van der Waals surface area contributed by atoms with Gasteiger partial charge < -0.3 is 10.1 Å². The molecule has 0 atom stereocenters. The molecular formula is C11H13F4NO. The molecule has 17 heavy (non-hydrogen) atoms. The minimum absolute atomic E-state index is 0.269. The maximum atomic E-state index is 12.9. The molecule has 1 rings (SSSR count). The average Bonchev–Trinajstić information content (AvgIpc) is 2.20. The Kier molecular flexibility index (Phi) is 4.74. The van der Waals surface area contributed by atoms with E-state index < -0.39 is 25.0 Å². The number of rotatable bonds is 5. The van der Waals surface area contributed by atoms with Gasteiger partial charge in [-0.1, -0.05) is 0 Å². The standard InChI is InChI=1S/C11H13F4NO/c1-16-7-8-6-9(12)2-3-10(8)17-5-4-11(13,14)15/h2-3,6,16H,4-5,7H2,1H3. The molecule has 0 saturated heterocycles. The Balaban J connectivity index is 2.63. The van der Waals surface area contributed by atoms with Gasteiger partial charge in [0.15, 0.2) is 0 Å². The summed E-state index contributed by atoms with van der Waals surface area (Å²) in [5.74, 6) is -0.177. The molecular weight excluding hydrogens is 238 g/mol. The maximum absolute atomic E-state index is 12.9. The molecule has 0 aromatic heterocycles. The summed E-state index contributed by atoms with van der Waals surface area (Å²) in [6.07, 6.45) is -5.27. The molecule has 0 saturated carbocycles. The van der Waals surface area contributed by atoms with Crippen molar-refractivity contribution in [1.82, 2.24) is 5.32 Å². The van der Waals surface area contributed by atoms with Gasteiger partial charge in [0.05, 0.1) is 13.0 Å². The highest BCUT2D eigenvalue weighted by Crippen LogP contribution is 2.23. The van der Waals surface area contributed by atoms with E-state index in [2.05, 4.69) is 5.32 Å². The van der Waals surface area contributed by atoms with Crippen molar-refractivity contribution in [3.63, 3.8) is 0 Å². The normalized spacial score (nSPS) is 11.6. The Morgan fingerprint density at radius 3 is 2.59 bits per heavy atom. The molecule has 96 valence electrons. The summed E-state index contributed by atoms with van der Waals surface area (Å²) < 4.78 is 53.7. The van der Waals surface area contributed by atoms with Crippen LogP contribution >= 0.6 is 0 Å². The molecule has 0 bridgehead atoms. The van der Waals surface area contributed by atoms with Crippen LogP contribution in [0.3, 0.4) is 0 Å². The Hall–Kier alpha value is -1.30. The zero-order chi connectivity index (χ0) is 12.9. The maximum Gasteiger partial charge on any atom is 0.392 e. The van der Waals surface area contributed by atoms with E-state index in [1.54, 1.807) is 7.05 Å². The van der Waals surface area contributed by atoms with Crippen molar-refractivity contribution in [3.8, 4) is 5.75 Å². The summed E-state index contributed by atoms with van der Waals surface area (Å²) >= 11 is 0. The lowest BCUT2D eigenvalue weighted by molar-refractivity contribution is -0.139. The summed E-state index contributed by atoms with van der Waals surface area (Å²) in [6, 6.07) is 3.72. The lowest BCUT2D eigenvalue weighted by Gasteiger charge is -2.12. The van der Waals surface area contributed by atoms with E-state index in [-0.39, 0.29) is 5.75 Å². The van der Waals surface area contributed by atoms with E-state index in [9.17, 15) is 17.6 Å². The summed E-state index contributed by atoms with van der Waals surface area (Å²) in [6.45, 7) is -0.134. The number of ether oxygens (including phenoxy) is 1. The molecule has 0 fully saturated rings. The molecule has 0 spiro atoms. The van der Waals surface area contributed by atoms with Crippen LogP contribution in [0.5, 0.6) is 5.75 Å². The van der Waals surface area contributed by atoms with Crippen LogP contribution in [0.25, 0.3) is 0 Å². The van der Waals surface area contributed by atoms with Crippen molar-refractivity contribution in [2.45, 2.75) is 19.1 Å². The number of alkyl halides is 3. The SMILES string of the molecule is CNCc1cc(F)ccc1OCCC(F)(F)F. The van der Waals surface area contributed by atoms with E-state index in [4.69, 9.17) is 4.74 Å². The molecule has 0 aliphatic heterocycles. The van der Waals surface area contributed by atoms with Gasteiger partial charge in [-0.15, -0.1) is 0 Å². The lowest BCUT2D eigenvalue weighted by Crippen LogP contribution is -2.14. The van der Waals surface area contributed by atoms with Crippen molar-refractivity contribution >= 4 is 0 Å². The van der Waals surface area contributed by atoms with Crippen LogP contribution in [-0.2, 0) is 6.54 Å². The zero-order valence-corrected chi connectivity index (χ0v) is 9.27. The Labute approximate surface area is 96.6 Å². The third-order valence-electron chi connectivity index (χ3n) is 2.03. The monoisotopic (exact) mass is 251 g/mol. The fourth-order valence-corrected chi connectivity index (χ4v) is 1.29. The number of hydrogen-bond donors (Lipinski definition) is 1. The van der Waals surface area contributed by atoms with Crippen LogP contribution in [0.2, 0.25) is 0 Å². The molecule has 6 heteroatoms. The predicted molar refractivity (Wildman–Crippen MR) is 55.3 cm³/mol. The number of benzene rings is 1. The highest BCUT2D eigenvalue weighted by atomic mass is 19.4. The lowest BCUT2D eigenvalue weighted by atomic mass is 10.2. The van der Waals surface area contributed by atoms with E-state index in [0.717, 1.165) is 6.07 Å². The van der Waals surface area contributed by atoms with Gasteiger partial charge in [0.25, 0.3) is 0 Å². The van der Waals surface area contributed by atoms with Crippen LogP contribution in [-0.4, -0.2) is 19.8 Å². The Morgan fingerprint density at radius 2 is 2.00 bits per heavy atom. The van der Waals surface area contributed by atoms with Crippen molar-refractivity contribution in [2.75, 3.05) is 13.7 Å². The first kappa shape index (κ1) is 13.8. The first-order chi connectivity index (χ1) is 7.92. The van der Waals surface area contributed by atoms with Crippen LogP contribution in [0, 0.1) is 5.82 Å². The first-order valence-electron chi connectivity index (χ1n) is 5.05. The van der Waals surface area contributed by atoms with E-state index in [1.807, 2.05) is 0 Å². The van der Waals surface area contributed by atoms with Gasteiger partial charge in [-0.3, -0.25) is 0 Å². The minimum atomic E-state index is -4.25. The van der Waals surface area contributed by atoms with Crippen LogP contribution in [0.1, 0.15) is 12.0 Å². The average molecular weight is 251 g/mol. The minimum Gasteiger partial charge on any atom is -0.493 e. The molecule has 0 radical (unpaired) electrons. The fraction of sp³-hybridized carbons (Fsp3) is 0.455. The Bertz CT molecular complexity index is 365. The van der Waals surface area contributed by atoms with Crippen molar-refractivity contribution in [2.24, 2.45) is 0 Å². The van der Waals surface area contributed by atoms with Gasteiger partial charge in [0, 0.05) is 12.1 Å². The summed E-state index contributed by atoms with van der Waals surface area (Å²) in [7, 11) is 1.66. The second kappa shape index (κ2) is 5.86. The fourth-order valence-electron chi connectivity index (χ4n) is 1.29. The molecule has 0 aliphatic carbocycles. The first-order valence-corrected chi connectivity index (χ1v) is 5.05. The van der Waals surface area contributed by atoms with Gasteiger partial charge in [0.1, 0.15) is 11.6 Å². The van der Waals surface area contributed by atoms with Gasteiger partial charge in [0.2, 0.25) is 0 Å². The van der Waals surface area contributed by atoms with Gasteiger partial charge in [-0.25, -0.2) is 4.39 Å². The second-order valence-electron chi connectivity index (χ2n) is 3.50. The van der Waals surface area contributed by atoms with Crippen molar-refractivity contribution in [1.29, 1.82) is 0 Å². The highest BCUT2D eigenvalue weighted by Gasteiger charge is 2.26. The molecule has 0 aliphatic rings.